The van der Waals surface area contributed by atoms with Gasteiger partial charge in [0.1, 0.15) is 13.0 Å². The molecule has 1 heterocycles. The number of hydrogen-bond acceptors (Lipinski definition) is 3. The van der Waals surface area contributed by atoms with Crippen LogP contribution in [-0.2, 0) is 0 Å². The van der Waals surface area contributed by atoms with Gasteiger partial charge in [0.15, 0.2) is 0 Å². The number of hydrogen-bond donors (Lipinski definition) is 1. The average Bonchev–Trinajstić information content (AvgIpc) is 2.58. The predicted octanol–water partition coefficient (Wildman–Crippen LogP) is 1.31. The van der Waals surface area contributed by atoms with Crippen LogP contribution in [0, 0.1) is 6.92 Å². The third-order valence-electron chi connectivity index (χ3n) is 1.87. The van der Waals surface area contributed by atoms with Crippen molar-refractivity contribution >= 4 is 12.0 Å². The molecule has 0 saturated carbocycles. The summed E-state index contributed by atoms with van der Waals surface area (Å²) in [4.78, 5) is 4.05. The van der Waals surface area contributed by atoms with Gasteiger partial charge in [-0.2, -0.15) is 0 Å². The van der Waals surface area contributed by atoms with Gasteiger partial charge in [-0.05, 0) is 19.1 Å². The highest BCUT2D eigenvalue weighted by molar-refractivity contribution is 5.63. The number of nitrogens with one attached hydrogen (secondary N) is 1. The fourth-order valence-corrected chi connectivity index (χ4v) is 1.15. The monoisotopic (exact) mass is 161 g/mol. The summed E-state index contributed by atoms with van der Waals surface area (Å²) in [6.45, 7) is 2.78. The number of hydrazine groups is 1. The highest BCUT2D eigenvalue weighted by Gasteiger charge is 2.05. The summed E-state index contributed by atoms with van der Waals surface area (Å²) >= 11 is 0. The summed E-state index contributed by atoms with van der Waals surface area (Å²) in [7, 11) is 0. The first kappa shape index (κ1) is 7.16. The maximum atomic E-state index is 4.05. The van der Waals surface area contributed by atoms with Crippen molar-refractivity contribution in [3.05, 3.63) is 29.8 Å². The lowest BCUT2D eigenvalue weighted by atomic mass is 10.2. The molecule has 0 saturated heterocycles. The van der Waals surface area contributed by atoms with Gasteiger partial charge in [0.2, 0.25) is 0 Å². The molecule has 0 fully saturated rings. The lowest BCUT2D eigenvalue weighted by Crippen LogP contribution is -2.31. The van der Waals surface area contributed by atoms with Crippen LogP contribution in [0.25, 0.3) is 0 Å². The van der Waals surface area contributed by atoms with Crippen LogP contribution in [0.15, 0.2) is 29.3 Å². The third kappa shape index (κ3) is 1.25. The summed E-state index contributed by atoms with van der Waals surface area (Å²) in [6.07, 6.45) is 1.71. The van der Waals surface area contributed by atoms with E-state index >= 15 is 0 Å². The normalized spacial score (nSPS) is 14.9. The van der Waals surface area contributed by atoms with Gasteiger partial charge >= 0.3 is 0 Å². The Kier molecular flexibility index (Phi) is 1.70. The second-order valence-electron chi connectivity index (χ2n) is 2.85. The van der Waals surface area contributed by atoms with Gasteiger partial charge in [-0.25, -0.2) is 0 Å². The average molecular weight is 161 g/mol. The van der Waals surface area contributed by atoms with Crippen LogP contribution in [0.2, 0.25) is 0 Å². The molecular formula is C9H11N3. The molecule has 3 heteroatoms. The maximum absolute atomic E-state index is 4.05. The summed E-state index contributed by atoms with van der Waals surface area (Å²) in [5, 5.41) is 1.99. The lowest BCUT2D eigenvalue weighted by Gasteiger charge is -2.16. The first-order chi connectivity index (χ1) is 5.86. The summed E-state index contributed by atoms with van der Waals surface area (Å²) in [5.41, 5.74) is 5.46. The molecule has 0 amide bonds. The Morgan fingerprint density at radius 2 is 2.08 bits per heavy atom. The first-order valence-corrected chi connectivity index (χ1v) is 3.95. The third-order valence-corrected chi connectivity index (χ3v) is 1.87. The summed E-state index contributed by atoms with van der Waals surface area (Å²) < 4.78 is 0. The largest absolute Gasteiger partial charge is 0.286 e. The smallest absolute Gasteiger partial charge is 0.131 e. The van der Waals surface area contributed by atoms with Crippen molar-refractivity contribution in [2.45, 2.75) is 6.92 Å². The summed E-state index contributed by atoms with van der Waals surface area (Å²) in [5.74, 6) is 0. The Morgan fingerprint density at radius 1 is 1.33 bits per heavy atom. The topological polar surface area (TPSA) is 27.6 Å². The number of rotatable bonds is 1. The van der Waals surface area contributed by atoms with Crippen molar-refractivity contribution in [1.82, 2.24) is 5.43 Å². The molecule has 62 valence electrons. The molecule has 0 unspecified atom stereocenters. The van der Waals surface area contributed by atoms with E-state index in [4.69, 9.17) is 0 Å². The van der Waals surface area contributed by atoms with E-state index in [9.17, 15) is 0 Å². The van der Waals surface area contributed by atoms with Crippen LogP contribution in [0.1, 0.15) is 5.56 Å². The molecule has 3 nitrogen and oxygen atoms in total. The van der Waals surface area contributed by atoms with Gasteiger partial charge in [-0.1, -0.05) is 17.7 Å². The molecule has 12 heavy (non-hydrogen) atoms. The van der Waals surface area contributed by atoms with Gasteiger partial charge in [0.25, 0.3) is 0 Å². The van der Waals surface area contributed by atoms with Crippen molar-refractivity contribution in [2.75, 3.05) is 11.7 Å². The molecular weight excluding hydrogens is 150 g/mol. The fraction of sp³-hybridized carbons (Fsp3) is 0.222. The minimum Gasteiger partial charge on any atom is -0.286 e. The van der Waals surface area contributed by atoms with Crippen LogP contribution in [0.3, 0.4) is 0 Å². The van der Waals surface area contributed by atoms with Gasteiger partial charge in [0.05, 0.1) is 5.69 Å². The highest BCUT2D eigenvalue weighted by atomic mass is 15.6. The zero-order valence-corrected chi connectivity index (χ0v) is 6.99. The van der Waals surface area contributed by atoms with E-state index in [0.29, 0.717) is 6.67 Å². The van der Waals surface area contributed by atoms with E-state index in [1.54, 1.807) is 6.34 Å². The zero-order chi connectivity index (χ0) is 8.39. The molecule has 0 bridgehead atoms. The van der Waals surface area contributed by atoms with Gasteiger partial charge in [-0.3, -0.25) is 15.4 Å². The van der Waals surface area contributed by atoms with E-state index in [0.717, 1.165) is 5.69 Å². The quantitative estimate of drug-likeness (QED) is 0.672. The molecule has 1 N–H and O–H groups in total. The van der Waals surface area contributed by atoms with Crippen LogP contribution >= 0.6 is 0 Å². The van der Waals surface area contributed by atoms with E-state index in [2.05, 4.69) is 41.6 Å². The molecule has 0 aromatic heterocycles. The number of aryl methyl sites for hydroxylation is 1. The second kappa shape index (κ2) is 2.85. The molecule has 0 spiro atoms. The number of aliphatic imine (C=N–C) groups is 1. The van der Waals surface area contributed by atoms with E-state index in [1.807, 2.05) is 5.01 Å². The first-order valence-electron chi connectivity index (χ1n) is 3.95. The van der Waals surface area contributed by atoms with Crippen molar-refractivity contribution in [2.24, 2.45) is 4.99 Å². The molecule has 1 aromatic carbocycles. The van der Waals surface area contributed by atoms with Crippen LogP contribution in [0.4, 0.5) is 5.69 Å². The predicted molar refractivity (Wildman–Crippen MR) is 50.2 cm³/mol. The zero-order valence-electron chi connectivity index (χ0n) is 6.99. The molecule has 0 aliphatic carbocycles. The Bertz CT molecular complexity index is 281. The maximum Gasteiger partial charge on any atom is 0.131 e. The lowest BCUT2D eigenvalue weighted by molar-refractivity contribution is 0.845. The number of anilines is 1. The Balaban J connectivity index is 2.18. The molecule has 0 radical (unpaired) electrons. The van der Waals surface area contributed by atoms with Crippen molar-refractivity contribution in [3.8, 4) is 0 Å². The SMILES string of the molecule is Cc1ccc(N2CN=CN2)cc1. The van der Waals surface area contributed by atoms with E-state index in [1.165, 1.54) is 5.56 Å². The van der Waals surface area contributed by atoms with Crippen molar-refractivity contribution in [1.29, 1.82) is 0 Å². The number of benzene rings is 1. The highest BCUT2D eigenvalue weighted by Crippen LogP contribution is 2.13. The van der Waals surface area contributed by atoms with E-state index in [-0.39, 0.29) is 0 Å². The van der Waals surface area contributed by atoms with Crippen LogP contribution < -0.4 is 10.4 Å². The standard InChI is InChI=1S/C9H11N3/c1-8-2-4-9(5-3-8)12-7-10-6-11-12/h2-6H,7H2,1H3,(H,10,11). The Hall–Kier alpha value is -1.51. The molecule has 1 aromatic rings. The Morgan fingerprint density at radius 3 is 2.67 bits per heavy atom. The second-order valence-corrected chi connectivity index (χ2v) is 2.85. The van der Waals surface area contributed by atoms with Gasteiger partial charge in [-0.15, -0.1) is 0 Å². The fourth-order valence-electron chi connectivity index (χ4n) is 1.15. The van der Waals surface area contributed by atoms with Gasteiger partial charge < -0.3 is 0 Å². The van der Waals surface area contributed by atoms with Crippen molar-refractivity contribution in [3.63, 3.8) is 0 Å². The molecule has 1 aliphatic rings. The van der Waals surface area contributed by atoms with Crippen molar-refractivity contribution < 1.29 is 0 Å². The Labute approximate surface area is 71.7 Å². The van der Waals surface area contributed by atoms with Crippen LogP contribution in [0.5, 0.6) is 0 Å². The van der Waals surface area contributed by atoms with Gasteiger partial charge in [0, 0.05) is 0 Å². The number of nitrogens with zero attached hydrogens (tertiary/aromatic N) is 2. The van der Waals surface area contributed by atoms with E-state index < -0.39 is 0 Å². The molecule has 0 atom stereocenters. The minimum absolute atomic E-state index is 0.697. The molecule has 1 aliphatic heterocycles. The summed E-state index contributed by atoms with van der Waals surface area (Å²) in [6, 6.07) is 8.35. The minimum atomic E-state index is 0.697. The van der Waals surface area contributed by atoms with Crippen LogP contribution in [-0.4, -0.2) is 13.0 Å². The molecule has 2 rings (SSSR count).